The van der Waals surface area contributed by atoms with E-state index in [9.17, 15) is 4.79 Å². The Labute approximate surface area is 183 Å². The molecule has 3 aromatic rings. The minimum Gasteiger partial charge on any atom is -0.496 e. The van der Waals surface area contributed by atoms with Crippen molar-refractivity contribution in [3.8, 4) is 11.4 Å². The lowest BCUT2D eigenvalue weighted by Gasteiger charge is -2.11. The SMILES string of the molecule is CCCCCCCCc1nnc(NC(=O)c2cc(Cl)c(-n3cnnn3)cc2OC)s1. The number of hydrogen-bond acceptors (Lipinski definition) is 8. The lowest BCUT2D eigenvalue weighted by molar-refractivity contribution is 0.102. The van der Waals surface area contributed by atoms with Gasteiger partial charge < -0.3 is 4.74 Å². The van der Waals surface area contributed by atoms with Gasteiger partial charge in [0, 0.05) is 12.5 Å². The number of amides is 1. The minimum atomic E-state index is -0.376. The van der Waals surface area contributed by atoms with Crippen LogP contribution in [0.25, 0.3) is 5.69 Å². The van der Waals surface area contributed by atoms with Crippen molar-refractivity contribution in [1.82, 2.24) is 30.4 Å². The van der Waals surface area contributed by atoms with Crippen molar-refractivity contribution in [2.75, 3.05) is 12.4 Å². The van der Waals surface area contributed by atoms with Gasteiger partial charge in [-0.3, -0.25) is 10.1 Å². The predicted octanol–water partition coefficient (Wildman–Crippen LogP) is 4.33. The number of tetrazole rings is 1. The van der Waals surface area contributed by atoms with Gasteiger partial charge in [-0.2, -0.15) is 4.68 Å². The molecule has 1 amide bonds. The molecule has 3 rings (SSSR count). The maximum Gasteiger partial charge on any atom is 0.261 e. The molecule has 0 aliphatic heterocycles. The highest BCUT2D eigenvalue weighted by Crippen LogP contribution is 2.30. The van der Waals surface area contributed by atoms with Crippen LogP contribution in [0.5, 0.6) is 5.75 Å². The molecule has 0 spiro atoms. The van der Waals surface area contributed by atoms with E-state index < -0.39 is 0 Å². The van der Waals surface area contributed by atoms with E-state index in [4.69, 9.17) is 16.3 Å². The molecule has 0 unspecified atom stereocenters. The Hall–Kier alpha value is -2.59. The Morgan fingerprint density at radius 2 is 2.00 bits per heavy atom. The number of methoxy groups -OCH3 is 1. The summed E-state index contributed by atoms with van der Waals surface area (Å²) in [5, 5.41) is 23.7. The van der Waals surface area contributed by atoms with Crippen molar-refractivity contribution in [2.45, 2.75) is 51.9 Å². The van der Waals surface area contributed by atoms with Crippen molar-refractivity contribution < 1.29 is 9.53 Å². The molecule has 0 fully saturated rings. The molecule has 2 heterocycles. The normalized spacial score (nSPS) is 10.9. The van der Waals surface area contributed by atoms with Gasteiger partial charge in [-0.25, -0.2) is 0 Å². The molecule has 11 heteroatoms. The third-order valence-corrected chi connectivity index (χ3v) is 5.74. The first-order chi connectivity index (χ1) is 14.6. The highest BCUT2D eigenvalue weighted by molar-refractivity contribution is 7.15. The second-order valence-corrected chi connectivity index (χ2v) is 8.20. The fourth-order valence-electron chi connectivity index (χ4n) is 2.96. The molecule has 0 aliphatic rings. The number of nitrogens with zero attached hydrogens (tertiary/aromatic N) is 6. The second-order valence-electron chi connectivity index (χ2n) is 6.73. The molecule has 0 saturated heterocycles. The first-order valence-electron chi connectivity index (χ1n) is 9.87. The van der Waals surface area contributed by atoms with Crippen LogP contribution in [0.3, 0.4) is 0 Å². The van der Waals surface area contributed by atoms with Gasteiger partial charge in [0.15, 0.2) is 0 Å². The number of nitrogens with one attached hydrogen (secondary N) is 1. The number of ether oxygens (including phenoxy) is 1. The summed E-state index contributed by atoms with van der Waals surface area (Å²) < 4.78 is 6.76. The average Bonchev–Trinajstić information content (AvgIpc) is 3.42. The third kappa shape index (κ3) is 5.73. The number of carbonyl (C=O) groups excluding carboxylic acids is 1. The zero-order valence-electron chi connectivity index (χ0n) is 17.0. The van der Waals surface area contributed by atoms with Crippen LogP contribution in [0.4, 0.5) is 5.13 Å². The monoisotopic (exact) mass is 449 g/mol. The quantitative estimate of drug-likeness (QED) is 0.434. The van der Waals surface area contributed by atoms with Gasteiger partial charge in [-0.1, -0.05) is 62.0 Å². The van der Waals surface area contributed by atoms with Gasteiger partial charge in [0.05, 0.1) is 23.4 Å². The van der Waals surface area contributed by atoms with Crippen molar-refractivity contribution in [1.29, 1.82) is 0 Å². The first kappa shape index (κ1) is 22.1. The van der Waals surface area contributed by atoms with E-state index in [1.54, 1.807) is 6.07 Å². The lowest BCUT2D eigenvalue weighted by Crippen LogP contribution is -2.14. The number of unbranched alkanes of at least 4 members (excludes halogenated alkanes) is 5. The Bertz CT molecular complexity index is 962. The van der Waals surface area contributed by atoms with E-state index in [-0.39, 0.29) is 11.5 Å². The summed E-state index contributed by atoms with van der Waals surface area (Å²) in [6.07, 6.45) is 9.61. The summed E-state index contributed by atoms with van der Waals surface area (Å²) in [4.78, 5) is 12.8. The molecular weight excluding hydrogens is 426 g/mol. The summed E-state index contributed by atoms with van der Waals surface area (Å²) in [6, 6.07) is 3.13. The number of halogens is 1. The summed E-state index contributed by atoms with van der Waals surface area (Å²) >= 11 is 7.71. The van der Waals surface area contributed by atoms with E-state index in [1.165, 1.54) is 67.6 Å². The summed E-state index contributed by atoms with van der Waals surface area (Å²) in [7, 11) is 1.48. The lowest BCUT2D eigenvalue weighted by atomic mass is 10.1. The summed E-state index contributed by atoms with van der Waals surface area (Å²) in [5.41, 5.74) is 0.791. The molecule has 0 bridgehead atoms. The number of hydrogen-bond donors (Lipinski definition) is 1. The van der Waals surface area contributed by atoms with Crippen LogP contribution in [-0.4, -0.2) is 43.4 Å². The number of aryl methyl sites for hydroxylation is 1. The highest BCUT2D eigenvalue weighted by atomic mass is 35.5. The number of anilines is 1. The zero-order chi connectivity index (χ0) is 21.3. The zero-order valence-corrected chi connectivity index (χ0v) is 18.5. The minimum absolute atomic E-state index is 0.284. The molecule has 0 saturated carbocycles. The van der Waals surface area contributed by atoms with E-state index in [0.717, 1.165) is 17.8 Å². The second kappa shape index (κ2) is 11.0. The maximum absolute atomic E-state index is 12.8. The number of rotatable bonds is 11. The van der Waals surface area contributed by atoms with Crippen LogP contribution >= 0.6 is 22.9 Å². The molecule has 0 radical (unpaired) electrons. The molecule has 160 valence electrons. The van der Waals surface area contributed by atoms with E-state index in [1.807, 2.05) is 0 Å². The fraction of sp³-hybridized carbons (Fsp3) is 0.474. The van der Waals surface area contributed by atoms with E-state index >= 15 is 0 Å². The van der Waals surface area contributed by atoms with Crippen molar-refractivity contribution in [2.24, 2.45) is 0 Å². The van der Waals surface area contributed by atoms with Crippen molar-refractivity contribution in [3.63, 3.8) is 0 Å². The van der Waals surface area contributed by atoms with Gasteiger partial charge in [0.1, 0.15) is 17.1 Å². The van der Waals surface area contributed by atoms with Crippen LogP contribution in [0.15, 0.2) is 18.5 Å². The topological polar surface area (TPSA) is 108 Å². The molecule has 2 aromatic heterocycles. The average molecular weight is 450 g/mol. The van der Waals surface area contributed by atoms with E-state index in [2.05, 4.69) is 38.0 Å². The van der Waals surface area contributed by atoms with Crippen LogP contribution in [0, 0.1) is 0 Å². The van der Waals surface area contributed by atoms with Crippen LogP contribution < -0.4 is 10.1 Å². The standard InChI is InChI=1S/C19H24ClN7O2S/c1-3-4-5-6-7-8-9-17-23-24-19(30-17)22-18(28)13-10-14(20)15(11-16(13)29-2)27-12-21-25-26-27/h10-12H,3-9H2,1-2H3,(H,22,24,28). The Morgan fingerprint density at radius 1 is 1.20 bits per heavy atom. The number of carbonyl (C=O) groups is 1. The molecular formula is C19H24ClN7O2S. The van der Waals surface area contributed by atoms with Gasteiger partial charge in [-0.05, 0) is 22.9 Å². The number of aromatic nitrogens is 6. The molecule has 1 N–H and O–H groups in total. The van der Waals surface area contributed by atoms with Gasteiger partial charge in [-0.15, -0.1) is 15.3 Å². The maximum atomic E-state index is 12.8. The molecule has 0 atom stereocenters. The van der Waals surface area contributed by atoms with Crippen LogP contribution in [0.1, 0.15) is 60.8 Å². The fourth-order valence-corrected chi connectivity index (χ4v) is 3.99. The van der Waals surface area contributed by atoms with E-state index in [0.29, 0.717) is 21.6 Å². The largest absolute Gasteiger partial charge is 0.496 e. The third-order valence-electron chi connectivity index (χ3n) is 4.54. The molecule has 1 aromatic carbocycles. The van der Waals surface area contributed by atoms with Crippen molar-refractivity contribution in [3.05, 3.63) is 34.1 Å². The van der Waals surface area contributed by atoms with Gasteiger partial charge in [0.25, 0.3) is 5.91 Å². The first-order valence-corrected chi connectivity index (χ1v) is 11.1. The van der Waals surface area contributed by atoms with Crippen LogP contribution in [-0.2, 0) is 6.42 Å². The van der Waals surface area contributed by atoms with Gasteiger partial charge in [0.2, 0.25) is 5.13 Å². The Morgan fingerprint density at radius 3 is 2.73 bits per heavy atom. The van der Waals surface area contributed by atoms with Crippen molar-refractivity contribution >= 4 is 34.0 Å². The summed E-state index contributed by atoms with van der Waals surface area (Å²) in [5.74, 6) is -0.0292. The smallest absolute Gasteiger partial charge is 0.261 e. The predicted molar refractivity (Wildman–Crippen MR) is 116 cm³/mol. The highest BCUT2D eigenvalue weighted by Gasteiger charge is 2.19. The molecule has 0 aliphatic carbocycles. The van der Waals surface area contributed by atoms with Gasteiger partial charge >= 0.3 is 0 Å². The number of benzene rings is 1. The molecule has 9 nitrogen and oxygen atoms in total. The Kier molecular flexibility index (Phi) is 8.09. The summed E-state index contributed by atoms with van der Waals surface area (Å²) in [6.45, 7) is 2.21. The Balaban J connectivity index is 1.62. The molecule has 30 heavy (non-hydrogen) atoms. The van der Waals surface area contributed by atoms with Crippen LogP contribution in [0.2, 0.25) is 5.02 Å².